The fourth-order valence-corrected chi connectivity index (χ4v) is 3.51. The molecule has 2 aromatic carbocycles. The van der Waals surface area contributed by atoms with Crippen LogP contribution in [0.3, 0.4) is 0 Å². The first-order valence-corrected chi connectivity index (χ1v) is 10.6. The van der Waals surface area contributed by atoms with Crippen LogP contribution in [0.15, 0.2) is 36.4 Å². The number of amides is 2. The molecule has 0 bridgehead atoms. The first kappa shape index (κ1) is 21.9. The quantitative estimate of drug-likeness (QED) is 0.725. The Hall–Kier alpha value is -2.82. The molecule has 2 aromatic rings. The number of benzene rings is 2. The minimum Gasteiger partial charge on any atom is -0.490 e. The predicted octanol–water partition coefficient (Wildman–Crippen LogP) is 5.35. The van der Waals surface area contributed by atoms with E-state index >= 15 is 0 Å². The number of carbonyl (C=O) groups excluding carboxylic acids is 2. The van der Waals surface area contributed by atoms with Crippen LogP contribution in [0.1, 0.15) is 55.6 Å². The van der Waals surface area contributed by atoms with E-state index in [9.17, 15) is 9.59 Å². The van der Waals surface area contributed by atoms with E-state index in [2.05, 4.69) is 19.2 Å². The molecule has 0 atom stereocenters. The lowest BCUT2D eigenvalue weighted by atomic mass is 9.92. The molecule has 0 aliphatic carbocycles. The van der Waals surface area contributed by atoms with Gasteiger partial charge in [-0.1, -0.05) is 31.5 Å². The second-order valence-corrected chi connectivity index (χ2v) is 9.27. The van der Waals surface area contributed by atoms with Crippen LogP contribution in [0, 0.1) is 25.2 Å². The fraction of sp³-hybridized carbons (Fsp3) is 0.440. The summed E-state index contributed by atoms with van der Waals surface area (Å²) in [6.07, 6.45) is 0.889. The standard InChI is InChI=1S/C25H32N2O3/c1-16(2)11-12-27-21-14-19(9-10-22(21)30-15-25(5,6)24(27)29)26-23(28)20-13-17(3)7-8-18(20)4/h7-10,13-14,16H,11-12,15H2,1-6H3,(H,26,28). The Morgan fingerprint density at radius 3 is 2.60 bits per heavy atom. The van der Waals surface area contributed by atoms with E-state index in [1.165, 1.54) is 0 Å². The fourth-order valence-electron chi connectivity index (χ4n) is 3.51. The van der Waals surface area contributed by atoms with Gasteiger partial charge in [-0.15, -0.1) is 0 Å². The Morgan fingerprint density at radius 1 is 1.17 bits per heavy atom. The van der Waals surface area contributed by atoms with E-state index in [1.54, 1.807) is 0 Å². The number of nitrogens with one attached hydrogen (secondary N) is 1. The van der Waals surface area contributed by atoms with Gasteiger partial charge in [-0.05, 0) is 69.9 Å². The van der Waals surface area contributed by atoms with E-state index in [4.69, 9.17) is 4.74 Å². The van der Waals surface area contributed by atoms with E-state index in [0.717, 1.165) is 17.5 Å². The van der Waals surface area contributed by atoms with Gasteiger partial charge in [0.1, 0.15) is 12.4 Å². The zero-order chi connectivity index (χ0) is 22.1. The van der Waals surface area contributed by atoms with Gasteiger partial charge >= 0.3 is 0 Å². The molecular formula is C25H32N2O3. The number of carbonyl (C=O) groups is 2. The summed E-state index contributed by atoms with van der Waals surface area (Å²) >= 11 is 0. The number of nitrogens with zero attached hydrogens (tertiary/aromatic N) is 1. The molecule has 160 valence electrons. The predicted molar refractivity (Wildman–Crippen MR) is 121 cm³/mol. The van der Waals surface area contributed by atoms with Crippen LogP contribution < -0.4 is 15.0 Å². The van der Waals surface area contributed by atoms with Crippen molar-refractivity contribution in [1.82, 2.24) is 0 Å². The van der Waals surface area contributed by atoms with Crippen molar-refractivity contribution in [3.8, 4) is 5.75 Å². The number of fused-ring (bicyclic) bond motifs is 1. The lowest BCUT2D eigenvalue weighted by molar-refractivity contribution is -0.127. The van der Waals surface area contributed by atoms with Gasteiger partial charge in [-0.25, -0.2) is 0 Å². The molecule has 0 aromatic heterocycles. The molecule has 0 spiro atoms. The second kappa shape index (κ2) is 8.50. The third-order valence-corrected chi connectivity index (χ3v) is 5.49. The van der Waals surface area contributed by atoms with Crippen molar-refractivity contribution in [1.29, 1.82) is 0 Å². The van der Waals surface area contributed by atoms with Gasteiger partial charge in [0.15, 0.2) is 0 Å². The van der Waals surface area contributed by atoms with E-state index < -0.39 is 5.41 Å². The van der Waals surface area contributed by atoms with Crippen molar-refractivity contribution in [3.63, 3.8) is 0 Å². The summed E-state index contributed by atoms with van der Waals surface area (Å²) in [6.45, 7) is 12.9. The van der Waals surface area contributed by atoms with Crippen LogP contribution in [-0.4, -0.2) is 25.0 Å². The summed E-state index contributed by atoms with van der Waals surface area (Å²) in [5.41, 5.74) is 3.35. The van der Waals surface area contributed by atoms with Gasteiger partial charge in [-0.2, -0.15) is 0 Å². The van der Waals surface area contributed by atoms with Crippen LogP contribution in [0.2, 0.25) is 0 Å². The number of ether oxygens (including phenoxy) is 1. The Balaban J connectivity index is 1.93. The average molecular weight is 409 g/mol. The average Bonchev–Trinajstić information content (AvgIpc) is 2.77. The maximum atomic E-state index is 13.2. The first-order chi connectivity index (χ1) is 14.1. The van der Waals surface area contributed by atoms with Crippen molar-refractivity contribution in [2.45, 2.75) is 48.0 Å². The first-order valence-electron chi connectivity index (χ1n) is 10.6. The maximum Gasteiger partial charge on any atom is 0.255 e. The van der Waals surface area contributed by atoms with Crippen LogP contribution >= 0.6 is 0 Å². The Kier molecular flexibility index (Phi) is 6.20. The third kappa shape index (κ3) is 4.66. The second-order valence-electron chi connectivity index (χ2n) is 9.27. The minimum absolute atomic E-state index is 0.0416. The normalized spacial score (nSPS) is 15.4. The highest BCUT2D eigenvalue weighted by Gasteiger charge is 2.37. The lowest BCUT2D eigenvalue weighted by Gasteiger charge is -2.28. The van der Waals surface area contributed by atoms with Crippen molar-refractivity contribution >= 4 is 23.2 Å². The van der Waals surface area contributed by atoms with Gasteiger partial charge in [-0.3, -0.25) is 9.59 Å². The summed E-state index contributed by atoms with van der Waals surface area (Å²) in [6, 6.07) is 11.3. The molecule has 30 heavy (non-hydrogen) atoms. The van der Waals surface area contributed by atoms with Gasteiger partial charge in [0.2, 0.25) is 5.91 Å². The topological polar surface area (TPSA) is 58.6 Å². The summed E-state index contributed by atoms with van der Waals surface area (Å²) in [7, 11) is 0. The largest absolute Gasteiger partial charge is 0.490 e. The SMILES string of the molecule is Cc1ccc(C)c(C(=O)Nc2ccc3c(c2)N(CCC(C)C)C(=O)C(C)(C)CO3)c1. The van der Waals surface area contributed by atoms with Crippen LogP contribution in [0.4, 0.5) is 11.4 Å². The molecule has 5 nitrogen and oxygen atoms in total. The molecule has 5 heteroatoms. The summed E-state index contributed by atoms with van der Waals surface area (Å²) in [5.74, 6) is 1.02. The molecule has 0 saturated heterocycles. The molecular weight excluding hydrogens is 376 g/mol. The van der Waals surface area contributed by atoms with Crippen molar-refractivity contribution in [2.24, 2.45) is 11.3 Å². The van der Waals surface area contributed by atoms with Crippen LogP contribution in [0.25, 0.3) is 0 Å². The highest BCUT2D eigenvalue weighted by molar-refractivity contribution is 6.06. The molecule has 0 unspecified atom stereocenters. The summed E-state index contributed by atoms with van der Waals surface area (Å²) < 4.78 is 5.98. The van der Waals surface area contributed by atoms with Crippen molar-refractivity contribution in [2.75, 3.05) is 23.4 Å². The van der Waals surface area contributed by atoms with Crippen molar-refractivity contribution < 1.29 is 14.3 Å². The highest BCUT2D eigenvalue weighted by Crippen LogP contribution is 2.38. The molecule has 2 amide bonds. The molecule has 1 aliphatic heterocycles. The zero-order valence-corrected chi connectivity index (χ0v) is 18.8. The van der Waals surface area contributed by atoms with E-state index in [0.29, 0.717) is 41.8 Å². The molecule has 0 saturated carbocycles. The number of hydrogen-bond donors (Lipinski definition) is 1. The Labute approximate surface area is 179 Å². The molecule has 3 rings (SSSR count). The summed E-state index contributed by atoms with van der Waals surface area (Å²) in [5, 5.41) is 2.99. The van der Waals surface area contributed by atoms with E-state index in [1.807, 2.05) is 69.0 Å². The zero-order valence-electron chi connectivity index (χ0n) is 18.8. The number of aryl methyl sites for hydroxylation is 2. The smallest absolute Gasteiger partial charge is 0.255 e. The molecule has 1 aliphatic rings. The Morgan fingerprint density at radius 2 is 1.90 bits per heavy atom. The third-order valence-electron chi connectivity index (χ3n) is 5.49. The number of hydrogen-bond acceptors (Lipinski definition) is 3. The molecule has 1 N–H and O–H groups in total. The van der Waals surface area contributed by atoms with Gasteiger partial charge in [0.05, 0.1) is 11.1 Å². The monoisotopic (exact) mass is 408 g/mol. The molecule has 0 radical (unpaired) electrons. The van der Waals surface area contributed by atoms with Crippen LogP contribution in [-0.2, 0) is 4.79 Å². The molecule has 1 heterocycles. The van der Waals surface area contributed by atoms with Gasteiger partial charge in [0.25, 0.3) is 5.91 Å². The minimum atomic E-state index is -0.613. The summed E-state index contributed by atoms with van der Waals surface area (Å²) in [4.78, 5) is 27.9. The number of rotatable bonds is 5. The Bertz CT molecular complexity index is 963. The van der Waals surface area contributed by atoms with Crippen LogP contribution in [0.5, 0.6) is 5.75 Å². The molecule has 0 fully saturated rings. The highest BCUT2D eigenvalue weighted by atomic mass is 16.5. The van der Waals surface area contributed by atoms with E-state index in [-0.39, 0.29) is 11.8 Å². The maximum absolute atomic E-state index is 13.2. The lowest BCUT2D eigenvalue weighted by Crippen LogP contribution is -2.42. The van der Waals surface area contributed by atoms with Gasteiger partial charge < -0.3 is 15.0 Å². The number of anilines is 2. The van der Waals surface area contributed by atoms with Crippen molar-refractivity contribution in [3.05, 3.63) is 53.1 Å². The van der Waals surface area contributed by atoms with Gasteiger partial charge in [0, 0.05) is 17.8 Å².